The third-order valence-corrected chi connectivity index (χ3v) is 4.96. The summed E-state index contributed by atoms with van der Waals surface area (Å²) in [6, 6.07) is 5.29. The van der Waals surface area contributed by atoms with Gasteiger partial charge in [0.1, 0.15) is 0 Å². The summed E-state index contributed by atoms with van der Waals surface area (Å²) in [5, 5.41) is 4.98. The molecule has 1 aromatic rings. The molecule has 0 bridgehead atoms. The van der Waals surface area contributed by atoms with E-state index in [4.69, 9.17) is 5.14 Å². The Kier molecular flexibility index (Phi) is 5.14. The Morgan fingerprint density at radius 1 is 1.15 bits per heavy atom. The summed E-state index contributed by atoms with van der Waals surface area (Å²) in [6.45, 7) is 4.11. The van der Waals surface area contributed by atoms with Gasteiger partial charge in [0.25, 0.3) is 0 Å². The molecule has 0 spiro atoms. The van der Waals surface area contributed by atoms with E-state index < -0.39 is 20.2 Å². The van der Waals surface area contributed by atoms with Crippen LogP contribution in [-0.4, -0.2) is 30.4 Å². The lowest BCUT2D eigenvalue weighted by molar-refractivity contribution is 0.558. The van der Waals surface area contributed by atoms with Crippen LogP contribution in [0.1, 0.15) is 13.8 Å². The van der Waals surface area contributed by atoms with Crippen molar-refractivity contribution < 1.29 is 16.8 Å². The number of benzene rings is 1. The number of rotatable bonds is 6. The van der Waals surface area contributed by atoms with Crippen LogP contribution in [-0.2, 0) is 20.2 Å². The Labute approximate surface area is 120 Å². The minimum Gasteiger partial charge on any atom is -0.261 e. The van der Waals surface area contributed by atoms with E-state index in [2.05, 4.69) is 4.72 Å². The van der Waals surface area contributed by atoms with Gasteiger partial charge in [-0.3, -0.25) is 4.31 Å². The smallest absolute Gasteiger partial charge is 0.261 e. The number of nitrogens with two attached hydrogens (primary N) is 1. The van der Waals surface area contributed by atoms with Gasteiger partial charge in [-0.05, 0) is 30.2 Å². The summed E-state index contributed by atoms with van der Waals surface area (Å²) < 4.78 is 49.7. The molecule has 0 aromatic heterocycles. The number of hydrogen-bond acceptors (Lipinski definition) is 4. The molecule has 0 aliphatic rings. The van der Waals surface area contributed by atoms with Crippen LogP contribution in [0.25, 0.3) is 0 Å². The van der Waals surface area contributed by atoms with Crippen LogP contribution in [0.2, 0.25) is 0 Å². The summed E-state index contributed by atoms with van der Waals surface area (Å²) in [5.41, 5.74) is 0.341. The molecule has 1 aromatic carbocycles. The van der Waals surface area contributed by atoms with Gasteiger partial charge in [-0.25, -0.2) is 13.6 Å². The molecule has 0 radical (unpaired) electrons. The molecule has 7 nitrogen and oxygen atoms in total. The number of nitrogens with one attached hydrogen (secondary N) is 1. The normalized spacial score (nSPS) is 12.7. The number of primary sulfonamides is 1. The first-order valence-electron chi connectivity index (χ1n) is 5.90. The molecule has 0 saturated carbocycles. The summed E-state index contributed by atoms with van der Waals surface area (Å²) in [4.78, 5) is -0.0674. The van der Waals surface area contributed by atoms with Crippen molar-refractivity contribution in [1.29, 1.82) is 0 Å². The molecule has 0 amide bonds. The number of sulfonamides is 1. The fourth-order valence-electron chi connectivity index (χ4n) is 1.35. The predicted molar refractivity (Wildman–Crippen MR) is 78.0 cm³/mol. The van der Waals surface area contributed by atoms with Crippen molar-refractivity contribution in [1.82, 2.24) is 4.72 Å². The van der Waals surface area contributed by atoms with Crippen molar-refractivity contribution in [2.24, 2.45) is 11.1 Å². The van der Waals surface area contributed by atoms with Crippen molar-refractivity contribution in [3.05, 3.63) is 24.3 Å². The molecule has 9 heteroatoms. The standard InChI is InChI=1S/C11H19N3O4S2/c1-9(2)8-13-20(17,18)14(3)10-4-6-11(7-5-10)19(12,15)16/h4-7,9,13H,8H2,1-3H3,(H2,12,15,16). The lowest BCUT2D eigenvalue weighted by Crippen LogP contribution is -2.39. The minimum atomic E-state index is -3.79. The Hall–Kier alpha value is -1.16. The molecule has 1 rings (SSSR count). The van der Waals surface area contributed by atoms with Crippen LogP contribution < -0.4 is 14.2 Å². The highest BCUT2D eigenvalue weighted by molar-refractivity contribution is 7.90. The number of hydrogen-bond donors (Lipinski definition) is 2. The van der Waals surface area contributed by atoms with Gasteiger partial charge in [0.2, 0.25) is 10.0 Å². The molecular weight excluding hydrogens is 302 g/mol. The zero-order valence-electron chi connectivity index (χ0n) is 11.6. The first-order chi connectivity index (χ1) is 9.04. The number of anilines is 1. The molecule has 0 aliphatic carbocycles. The van der Waals surface area contributed by atoms with Gasteiger partial charge >= 0.3 is 10.2 Å². The predicted octanol–water partition coefficient (Wildman–Crippen LogP) is 0.261. The Bertz CT molecular complexity index is 651. The van der Waals surface area contributed by atoms with Crippen molar-refractivity contribution >= 4 is 25.9 Å². The van der Waals surface area contributed by atoms with Gasteiger partial charge < -0.3 is 0 Å². The topological polar surface area (TPSA) is 110 Å². The summed E-state index contributed by atoms with van der Waals surface area (Å²) in [5.74, 6) is 0.183. The zero-order chi connectivity index (χ0) is 15.6. The largest absolute Gasteiger partial charge is 0.301 e. The molecule has 114 valence electrons. The second-order valence-corrected chi connectivity index (χ2v) is 8.10. The Morgan fingerprint density at radius 3 is 2.05 bits per heavy atom. The van der Waals surface area contributed by atoms with Gasteiger partial charge in [-0.15, -0.1) is 0 Å². The van der Waals surface area contributed by atoms with Crippen LogP contribution in [0.15, 0.2) is 29.2 Å². The van der Waals surface area contributed by atoms with Crippen molar-refractivity contribution in [3.8, 4) is 0 Å². The van der Waals surface area contributed by atoms with Gasteiger partial charge in [-0.1, -0.05) is 13.8 Å². The maximum absolute atomic E-state index is 12.0. The fourth-order valence-corrected chi connectivity index (χ4v) is 3.01. The van der Waals surface area contributed by atoms with E-state index >= 15 is 0 Å². The highest BCUT2D eigenvalue weighted by atomic mass is 32.2. The molecule has 0 fully saturated rings. The first kappa shape index (κ1) is 16.9. The lowest BCUT2D eigenvalue weighted by Gasteiger charge is -2.20. The zero-order valence-corrected chi connectivity index (χ0v) is 13.2. The highest BCUT2D eigenvalue weighted by Gasteiger charge is 2.18. The molecule has 0 atom stereocenters. The molecule has 0 aliphatic heterocycles. The Balaban J connectivity index is 2.95. The summed E-state index contributed by atoms with van der Waals surface area (Å²) in [6.07, 6.45) is 0. The van der Waals surface area contributed by atoms with Gasteiger partial charge in [0.05, 0.1) is 10.6 Å². The van der Waals surface area contributed by atoms with Crippen LogP contribution >= 0.6 is 0 Å². The molecule has 3 N–H and O–H groups in total. The fraction of sp³-hybridized carbons (Fsp3) is 0.455. The van der Waals surface area contributed by atoms with E-state index in [0.29, 0.717) is 12.2 Å². The van der Waals surface area contributed by atoms with Gasteiger partial charge in [0, 0.05) is 13.6 Å². The highest BCUT2D eigenvalue weighted by Crippen LogP contribution is 2.18. The summed E-state index contributed by atoms with van der Waals surface area (Å²) >= 11 is 0. The monoisotopic (exact) mass is 321 g/mol. The quantitative estimate of drug-likeness (QED) is 0.783. The SMILES string of the molecule is CC(C)CNS(=O)(=O)N(C)c1ccc(S(N)(=O)=O)cc1. The third kappa shape index (κ3) is 4.44. The molecule has 20 heavy (non-hydrogen) atoms. The van der Waals surface area contributed by atoms with Crippen molar-refractivity contribution in [2.75, 3.05) is 17.9 Å². The maximum Gasteiger partial charge on any atom is 0.301 e. The van der Waals surface area contributed by atoms with E-state index in [9.17, 15) is 16.8 Å². The van der Waals surface area contributed by atoms with Crippen molar-refractivity contribution in [2.45, 2.75) is 18.7 Å². The van der Waals surface area contributed by atoms with Crippen LogP contribution in [0.4, 0.5) is 5.69 Å². The molecule has 0 unspecified atom stereocenters. The maximum atomic E-state index is 12.0. The van der Waals surface area contributed by atoms with Gasteiger partial charge in [-0.2, -0.15) is 13.1 Å². The second-order valence-electron chi connectivity index (χ2n) is 4.75. The van der Waals surface area contributed by atoms with Crippen LogP contribution in [0.3, 0.4) is 0 Å². The first-order valence-corrected chi connectivity index (χ1v) is 8.89. The molecule has 0 heterocycles. The lowest BCUT2D eigenvalue weighted by atomic mass is 10.2. The number of nitrogens with zero attached hydrogens (tertiary/aromatic N) is 1. The Morgan fingerprint density at radius 2 is 1.65 bits per heavy atom. The van der Waals surface area contributed by atoms with E-state index in [1.807, 2.05) is 13.8 Å². The van der Waals surface area contributed by atoms with E-state index in [1.165, 1.54) is 31.3 Å². The van der Waals surface area contributed by atoms with E-state index in [-0.39, 0.29) is 10.8 Å². The molecule has 0 saturated heterocycles. The molecular formula is C11H19N3O4S2. The van der Waals surface area contributed by atoms with Gasteiger partial charge in [0.15, 0.2) is 0 Å². The average molecular weight is 321 g/mol. The summed E-state index contributed by atoms with van der Waals surface area (Å²) in [7, 11) is -6.06. The van der Waals surface area contributed by atoms with E-state index in [1.54, 1.807) is 0 Å². The second kappa shape index (κ2) is 6.08. The van der Waals surface area contributed by atoms with Crippen molar-refractivity contribution in [3.63, 3.8) is 0 Å². The van der Waals surface area contributed by atoms with Crippen LogP contribution in [0.5, 0.6) is 0 Å². The minimum absolute atomic E-state index is 0.0674. The van der Waals surface area contributed by atoms with Crippen LogP contribution in [0, 0.1) is 5.92 Å². The third-order valence-electron chi connectivity index (χ3n) is 2.56. The van der Waals surface area contributed by atoms with E-state index in [0.717, 1.165) is 4.31 Å². The average Bonchev–Trinajstić information content (AvgIpc) is 2.35.